The Morgan fingerprint density at radius 3 is 2.63 bits per heavy atom. The van der Waals surface area contributed by atoms with Crippen molar-refractivity contribution in [1.82, 2.24) is 0 Å². The van der Waals surface area contributed by atoms with Crippen LogP contribution in [0.15, 0.2) is 42.5 Å². The molecule has 5 heteroatoms. The molecule has 0 fully saturated rings. The van der Waals surface area contributed by atoms with Gasteiger partial charge in [0.05, 0.1) is 16.3 Å². The zero-order valence-corrected chi connectivity index (χ0v) is 11.0. The molecule has 0 bridgehead atoms. The van der Waals surface area contributed by atoms with Crippen LogP contribution in [0.1, 0.15) is 10.4 Å². The van der Waals surface area contributed by atoms with E-state index in [1.54, 1.807) is 31.3 Å². The SMILES string of the molecule is CN(C(=O)c1cccc(N)c1Cl)c1cccc(F)c1. The molecule has 2 rings (SSSR count). The zero-order chi connectivity index (χ0) is 14.0. The van der Waals surface area contributed by atoms with Crippen LogP contribution >= 0.6 is 11.6 Å². The van der Waals surface area contributed by atoms with E-state index in [1.807, 2.05) is 0 Å². The highest BCUT2D eigenvalue weighted by Gasteiger charge is 2.17. The molecule has 98 valence electrons. The van der Waals surface area contributed by atoms with E-state index in [0.29, 0.717) is 11.4 Å². The van der Waals surface area contributed by atoms with Crippen molar-refractivity contribution in [3.05, 3.63) is 58.9 Å². The molecule has 0 radical (unpaired) electrons. The van der Waals surface area contributed by atoms with Gasteiger partial charge in [-0.15, -0.1) is 0 Å². The number of hydrogen-bond acceptors (Lipinski definition) is 2. The quantitative estimate of drug-likeness (QED) is 0.857. The van der Waals surface area contributed by atoms with E-state index in [2.05, 4.69) is 0 Å². The molecule has 1 amide bonds. The van der Waals surface area contributed by atoms with Gasteiger partial charge in [-0.2, -0.15) is 0 Å². The van der Waals surface area contributed by atoms with Crippen molar-refractivity contribution in [2.45, 2.75) is 0 Å². The summed E-state index contributed by atoms with van der Waals surface area (Å²) in [5, 5.41) is 0.204. The molecule has 0 aliphatic heterocycles. The Labute approximate surface area is 115 Å². The van der Waals surface area contributed by atoms with Crippen LogP contribution in [0.4, 0.5) is 15.8 Å². The van der Waals surface area contributed by atoms with Crippen molar-refractivity contribution in [3.8, 4) is 0 Å². The Hall–Kier alpha value is -2.07. The first kappa shape index (κ1) is 13.4. The van der Waals surface area contributed by atoms with E-state index in [4.69, 9.17) is 17.3 Å². The van der Waals surface area contributed by atoms with Crippen LogP contribution in [0.25, 0.3) is 0 Å². The number of anilines is 2. The molecule has 0 saturated carbocycles. The highest BCUT2D eigenvalue weighted by Crippen LogP contribution is 2.25. The number of halogens is 2. The molecule has 0 spiro atoms. The number of carbonyl (C=O) groups excluding carboxylic acids is 1. The Bertz CT molecular complexity index is 631. The average Bonchev–Trinajstić information content (AvgIpc) is 2.40. The van der Waals surface area contributed by atoms with Crippen LogP contribution in [0.3, 0.4) is 0 Å². The molecule has 0 aliphatic carbocycles. The van der Waals surface area contributed by atoms with E-state index in [0.717, 1.165) is 0 Å². The minimum atomic E-state index is -0.407. The summed E-state index contributed by atoms with van der Waals surface area (Å²) in [6.07, 6.45) is 0. The first-order valence-corrected chi connectivity index (χ1v) is 5.96. The number of amides is 1. The summed E-state index contributed by atoms with van der Waals surface area (Å²) >= 11 is 6.00. The van der Waals surface area contributed by atoms with E-state index in [9.17, 15) is 9.18 Å². The first-order valence-electron chi connectivity index (χ1n) is 5.58. The summed E-state index contributed by atoms with van der Waals surface area (Å²) in [6, 6.07) is 10.6. The van der Waals surface area contributed by atoms with Crippen LogP contribution in [0.2, 0.25) is 5.02 Å². The van der Waals surface area contributed by atoms with Gasteiger partial charge in [0.2, 0.25) is 0 Å². The fourth-order valence-electron chi connectivity index (χ4n) is 1.70. The van der Waals surface area contributed by atoms with Gasteiger partial charge in [-0.05, 0) is 30.3 Å². The van der Waals surface area contributed by atoms with Crippen LogP contribution in [0.5, 0.6) is 0 Å². The summed E-state index contributed by atoms with van der Waals surface area (Å²) in [7, 11) is 1.55. The maximum absolute atomic E-state index is 13.2. The minimum Gasteiger partial charge on any atom is -0.398 e. The lowest BCUT2D eigenvalue weighted by Crippen LogP contribution is -2.26. The summed E-state index contributed by atoms with van der Waals surface area (Å²) < 4.78 is 13.2. The highest BCUT2D eigenvalue weighted by molar-refractivity contribution is 6.36. The van der Waals surface area contributed by atoms with Crippen molar-refractivity contribution in [2.24, 2.45) is 0 Å². The topological polar surface area (TPSA) is 46.3 Å². The van der Waals surface area contributed by atoms with Crippen molar-refractivity contribution < 1.29 is 9.18 Å². The van der Waals surface area contributed by atoms with Gasteiger partial charge in [-0.1, -0.05) is 23.7 Å². The van der Waals surface area contributed by atoms with Gasteiger partial charge in [-0.3, -0.25) is 4.79 Å². The normalized spacial score (nSPS) is 10.3. The smallest absolute Gasteiger partial charge is 0.259 e. The van der Waals surface area contributed by atoms with Crippen molar-refractivity contribution in [1.29, 1.82) is 0 Å². The molecule has 0 unspecified atom stereocenters. The molecule has 2 aromatic rings. The van der Waals surface area contributed by atoms with Gasteiger partial charge in [0.15, 0.2) is 0 Å². The van der Waals surface area contributed by atoms with E-state index >= 15 is 0 Å². The van der Waals surface area contributed by atoms with Crippen LogP contribution in [-0.4, -0.2) is 13.0 Å². The number of nitrogen functional groups attached to an aromatic ring is 1. The Kier molecular flexibility index (Phi) is 3.71. The molecule has 0 aliphatic rings. The number of carbonyl (C=O) groups is 1. The van der Waals surface area contributed by atoms with Crippen LogP contribution in [-0.2, 0) is 0 Å². The van der Waals surface area contributed by atoms with Gasteiger partial charge in [0.1, 0.15) is 5.82 Å². The molecule has 2 N–H and O–H groups in total. The molecular weight excluding hydrogens is 267 g/mol. The molecule has 0 aromatic heterocycles. The third kappa shape index (κ3) is 2.69. The predicted molar refractivity (Wildman–Crippen MR) is 75.0 cm³/mol. The molecule has 0 atom stereocenters. The second-order valence-corrected chi connectivity index (χ2v) is 4.43. The first-order chi connectivity index (χ1) is 9.00. The molecule has 0 heterocycles. The fourth-order valence-corrected chi connectivity index (χ4v) is 1.90. The number of rotatable bonds is 2. The van der Waals surface area contributed by atoms with Crippen molar-refractivity contribution in [2.75, 3.05) is 17.7 Å². The predicted octanol–water partition coefficient (Wildman–Crippen LogP) is 3.34. The zero-order valence-electron chi connectivity index (χ0n) is 10.2. The second kappa shape index (κ2) is 5.28. The average molecular weight is 279 g/mol. The summed E-state index contributed by atoms with van der Waals surface area (Å²) in [4.78, 5) is 13.6. The third-order valence-corrected chi connectivity index (χ3v) is 3.18. The van der Waals surface area contributed by atoms with Crippen molar-refractivity contribution in [3.63, 3.8) is 0 Å². The van der Waals surface area contributed by atoms with Gasteiger partial charge >= 0.3 is 0 Å². The number of benzene rings is 2. The lowest BCUT2D eigenvalue weighted by atomic mass is 10.1. The van der Waals surface area contributed by atoms with Gasteiger partial charge in [0.25, 0.3) is 5.91 Å². The summed E-state index contributed by atoms with van der Waals surface area (Å²) in [5.41, 5.74) is 6.73. The monoisotopic (exact) mass is 278 g/mol. The van der Waals surface area contributed by atoms with Crippen LogP contribution in [0, 0.1) is 5.82 Å². The lowest BCUT2D eigenvalue weighted by Gasteiger charge is -2.18. The van der Waals surface area contributed by atoms with Gasteiger partial charge in [-0.25, -0.2) is 4.39 Å². The molecule has 0 saturated heterocycles. The molecule has 19 heavy (non-hydrogen) atoms. The van der Waals surface area contributed by atoms with E-state index in [-0.39, 0.29) is 16.5 Å². The lowest BCUT2D eigenvalue weighted by molar-refractivity contribution is 0.0993. The largest absolute Gasteiger partial charge is 0.398 e. The maximum atomic E-state index is 13.2. The Morgan fingerprint density at radius 1 is 1.26 bits per heavy atom. The number of nitrogens with zero attached hydrogens (tertiary/aromatic N) is 1. The Morgan fingerprint density at radius 2 is 1.95 bits per heavy atom. The molecule has 3 nitrogen and oxygen atoms in total. The number of hydrogen-bond donors (Lipinski definition) is 1. The standard InChI is InChI=1S/C14H12ClFN2O/c1-18(10-5-2-4-9(16)8-10)14(19)11-6-3-7-12(17)13(11)15/h2-8H,17H2,1H3. The molecule has 2 aromatic carbocycles. The van der Waals surface area contributed by atoms with Gasteiger partial charge in [0, 0.05) is 12.7 Å². The van der Waals surface area contributed by atoms with E-state index in [1.165, 1.54) is 23.1 Å². The maximum Gasteiger partial charge on any atom is 0.259 e. The molecular formula is C14H12ClFN2O. The van der Waals surface area contributed by atoms with E-state index < -0.39 is 5.82 Å². The van der Waals surface area contributed by atoms with Crippen molar-refractivity contribution >= 4 is 28.9 Å². The second-order valence-electron chi connectivity index (χ2n) is 4.05. The highest BCUT2D eigenvalue weighted by atomic mass is 35.5. The third-order valence-electron chi connectivity index (χ3n) is 2.76. The summed E-state index contributed by atoms with van der Waals surface area (Å²) in [6.45, 7) is 0. The minimum absolute atomic E-state index is 0.204. The fraction of sp³-hybridized carbons (Fsp3) is 0.0714. The number of nitrogens with two attached hydrogens (primary N) is 1. The van der Waals surface area contributed by atoms with Gasteiger partial charge < -0.3 is 10.6 Å². The summed E-state index contributed by atoms with van der Waals surface area (Å²) in [5.74, 6) is -0.751. The Balaban J connectivity index is 2.36. The van der Waals surface area contributed by atoms with Crippen LogP contribution < -0.4 is 10.6 Å².